The average Bonchev–Trinajstić information content (AvgIpc) is 3.00. The lowest BCUT2D eigenvalue weighted by Crippen LogP contribution is -2.49. The minimum atomic E-state index is -0.281. The van der Waals surface area contributed by atoms with Crippen molar-refractivity contribution in [2.24, 2.45) is 0 Å². The van der Waals surface area contributed by atoms with Crippen LogP contribution in [0.15, 0.2) is 29.2 Å². The van der Waals surface area contributed by atoms with Crippen LogP contribution in [0.5, 0.6) is 0 Å². The van der Waals surface area contributed by atoms with Crippen molar-refractivity contribution in [1.29, 1.82) is 0 Å². The van der Waals surface area contributed by atoms with Gasteiger partial charge >= 0.3 is 5.69 Å². The largest absolute Gasteiger partial charge is 0.352 e. The number of piperidine rings is 1. The zero-order valence-corrected chi connectivity index (χ0v) is 13.5. The van der Waals surface area contributed by atoms with Crippen LogP contribution in [0.4, 0.5) is 0 Å². The fourth-order valence-corrected chi connectivity index (χ4v) is 3.66. The molecule has 0 saturated carbocycles. The highest BCUT2D eigenvalue weighted by molar-refractivity contribution is 5.85. The van der Waals surface area contributed by atoms with Crippen molar-refractivity contribution in [3.05, 3.63) is 34.9 Å². The molecule has 0 radical (unpaired) electrons. The SMILES string of the molecule is Cl.O=C(Cn1nc2ccccn2c1=O)NC1CC2CCC(C1)N2. The van der Waals surface area contributed by atoms with Crippen LogP contribution in [-0.4, -0.2) is 38.2 Å². The molecule has 4 heterocycles. The maximum Gasteiger partial charge on any atom is 0.350 e. The zero-order chi connectivity index (χ0) is 15.1. The zero-order valence-electron chi connectivity index (χ0n) is 12.6. The van der Waals surface area contributed by atoms with E-state index in [2.05, 4.69) is 15.7 Å². The lowest BCUT2D eigenvalue weighted by Gasteiger charge is -2.29. The van der Waals surface area contributed by atoms with Gasteiger partial charge in [-0.15, -0.1) is 17.5 Å². The van der Waals surface area contributed by atoms with Crippen molar-refractivity contribution in [2.75, 3.05) is 0 Å². The van der Waals surface area contributed by atoms with Gasteiger partial charge < -0.3 is 10.6 Å². The number of nitrogens with zero attached hydrogens (tertiary/aromatic N) is 3. The van der Waals surface area contributed by atoms with Gasteiger partial charge in [-0.05, 0) is 37.8 Å². The summed E-state index contributed by atoms with van der Waals surface area (Å²) in [5, 5.41) is 10.8. The number of amides is 1. The predicted octanol–water partition coefficient (Wildman–Crippen LogP) is 0.317. The summed E-state index contributed by atoms with van der Waals surface area (Å²) in [5.41, 5.74) is 0.274. The van der Waals surface area contributed by atoms with Crippen LogP contribution in [0.1, 0.15) is 25.7 Å². The maximum atomic E-state index is 12.2. The van der Waals surface area contributed by atoms with Gasteiger partial charge in [0.25, 0.3) is 0 Å². The summed E-state index contributed by atoms with van der Waals surface area (Å²) in [6.45, 7) is -0.0280. The topological polar surface area (TPSA) is 80.4 Å². The van der Waals surface area contributed by atoms with E-state index in [0.717, 1.165) is 12.8 Å². The third-order valence-corrected chi connectivity index (χ3v) is 4.62. The van der Waals surface area contributed by atoms with Crippen LogP contribution in [0.2, 0.25) is 0 Å². The van der Waals surface area contributed by atoms with Crippen LogP contribution in [0.3, 0.4) is 0 Å². The van der Waals surface area contributed by atoms with E-state index in [1.807, 2.05) is 6.07 Å². The van der Waals surface area contributed by atoms with E-state index in [1.165, 1.54) is 21.9 Å². The number of hydrogen-bond acceptors (Lipinski definition) is 4. The summed E-state index contributed by atoms with van der Waals surface area (Å²) in [6.07, 6.45) is 6.00. The van der Waals surface area contributed by atoms with Crippen LogP contribution >= 0.6 is 12.4 Å². The monoisotopic (exact) mass is 337 g/mol. The van der Waals surface area contributed by atoms with Gasteiger partial charge in [-0.3, -0.25) is 9.20 Å². The van der Waals surface area contributed by atoms with E-state index in [-0.39, 0.29) is 36.6 Å². The Bertz CT molecular complexity index is 759. The van der Waals surface area contributed by atoms with Crippen molar-refractivity contribution in [1.82, 2.24) is 24.8 Å². The second-order valence-electron chi connectivity index (χ2n) is 6.24. The molecule has 2 atom stereocenters. The molecular formula is C15H20ClN5O2. The fourth-order valence-electron chi connectivity index (χ4n) is 3.66. The third-order valence-electron chi connectivity index (χ3n) is 4.62. The van der Waals surface area contributed by atoms with Gasteiger partial charge in [0.05, 0.1) is 0 Å². The standard InChI is InChI=1S/C15H19N5O2.ClH/c21-14(17-12-7-10-4-5-11(8-12)16-10)9-20-15(22)19-6-2-1-3-13(19)18-20;/h1-3,6,10-12,16H,4-5,7-9H2,(H,17,21);1H. The lowest BCUT2D eigenvalue weighted by molar-refractivity contribution is -0.122. The molecule has 124 valence electrons. The Kier molecular flexibility index (Phi) is 4.41. The second kappa shape index (κ2) is 6.33. The molecule has 2 bridgehead atoms. The van der Waals surface area contributed by atoms with E-state index < -0.39 is 0 Å². The van der Waals surface area contributed by atoms with E-state index in [1.54, 1.807) is 18.3 Å². The van der Waals surface area contributed by atoms with Gasteiger partial charge in [0, 0.05) is 24.3 Å². The van der Waals surface area contributed by atoms with Crippen LogP contribution in [-0.2, 0) is 11.3 Å². The summed E-state index contributed by atoms with van der Waals surface area (Å²) in [7, 11) is 0. The smallest absolute Gasteiger partial charge is 0.350 e. The molecule has 8 heteroatoms. The van der Waals surface area contributed by atoms with E-state index in [0.29, 0.717) is 17.7 Å². The number of aromatic nitrogens is 3. The molecular weight excluding hydrogens is 318 g/mol. The predicted molar refractivity (Wildman–Crippen MR) is 87.8 cm³/mol. The molecule has 0 spiro atoms. The van der Waals surface area contributed by atoms with Crippen molar-refractivity contribution < 1.29 is 4.79 Å². The van der Waals surface area contributed by atoms with Crippen molar-refractivity contribution in [3.8, 4) is 0 Å². The first kappa shape index (κ1) is 16.0. The Labute approximate surface area is 139 Å². The van der Waals surface area contributed by atoms with Gasteiger partial charge in [0.1, 0.15) is 6.54 Å². The number of fused-ring (bicyclic) bond motifs is 3. The molecule has 2 unspecified atom stereocenters. The van der Waals surface area contributed by atoms with Crippen LogP contribution < -0.4 is 16.3 Å². The Balaban J connectivity index is 0.00000156. The number of hydrogen-bond donors (Lipinski definition) is 2. The van der Waals surface area contributed by atoms with Gasteiger partial charge in [-0.1, -0.05) is 6.07 Å². The Hall–Kier alpha value is -1.86. The van der Waals surface area contributed by atoms with Crippen LogP contribution in [0, 0.1) is 0 Å². The Morgan fingerprint density at radius 1 is 1.30 bits per heavy atom. The molecule has 23 heavy (non-hydrogen) atoms. The molecule has 2 aromatic heterocycles. The van der Waals surface area contributed by atoms with Gasteiger partial charge in [-0.2, -0.15) is 0 Å². The quantitative estimate of drug-likeness (QED) is 0.845. The molecule has 0 aliphatic carbocycles. The molecule has 4 rings (SSSR count). The Morgan fingerprint density at radius 2 is 2.04 bits per heavy atom. The first-order valence-corrected chi connectivity index (χ1v) is 7.78. The molecule has 2 aromatic rings. The number of nitrogens with one attached hydrogen (secondary N) is 2. The van der Waals surface area contributed by atoms with Gasteiger partial charge in [-0.25, -0.2) is 9.48 Å². The first-order chi connectivity index (χ1) is 10.7. The van der Waals surface area contributed by atoms with Crippen molar-refractivity contribution >= 4 is 24.0 Å². The van der Waals surface area contributed by atoms with E-state index in [9.17, 15) is 9.59 Å². The van der Waals surface area contributed by atoms with E-state index in [4.69, 9.17) is 0 Å². The van der Waals surface area contributed by atoms with Crippen molar-refractivity contribution in [3.63, 3.8) is 0 Å². The normalized spacial score (nSPS) is 26.0. The fraction of sp³-hybridized carbons (Fsp3) is 0.533. The second-order valence-corrected chi connectivity index (χ2v) is 6.24. The highest BCUT2D eigenvalue weighted by Gasteiger charge is 2.34. The first-order valence-electron chi connectivity index (χ1n) is 7.78. The summed E-state index contributed by atoms with van der Waals surface area (Å²) in [5.74, 6) is -0.142. The summed E-state index contributed by atoms with van der Waals surface area (Å²) < 4.78 is 2.67. The lowest BCUT2D eigenvalue weighted by atomic mass is 10.00. The average molecular weight is 338 g/mol. The van der Waals surface area contributed by atoms with E-state index >= 15 is 0 Å². The molecule has 2 aliphatic rings. The highest BCUT2D eigenvalue weighted by Crippen LogP contribution is 2.26. The number of carbonyl (C=O) groups is 1. The number of rotatable bonds is 3. The molecule has 2 saturated heterocycles. The molecule has 7 nitrogen and oxygen atoms in total. The van der Waals surface area contributed by atoms with Gasteiger partial charge in [0.2, 0.25) is 5.91 Å². The highest BCUT2D eigenvalue weighted by atomic mass is 35.5. The summed E-state index contributed by atoms with van der Waals surface area (Å²) in [4.78, 5) is 24.3. The van der Waals surface area contributed by atoms with Gasteiger partial charge in [0.15, 0.2) is 5.65 Å². The molecule has 2 fully saturated rings. The minimum Gasteiger partial charge on any atom is -0.352 e. The molecule has 0 aromatic carbocycles. The molecule has 2 aliphatic heterocycles. The summed E-state index contributed by atoms with van der Waals surface area (Å²) in [6, 6.07) is 6.60. The van der Waals surface area contributed by atoms with Crippen LogP contribution in [0.25, 0.3) is 5.65 Å². The molecule has 2 N–H and O–H groups in total. The summed E-state index contributed by atoms with van der Waals surface area (Å²) >= 11 is 0. The minimum absolute atomic E-state index is 0. The number of pyridine rings is 1. The number of carbonyl (C=O) groups excluding carboxylic acids is 1. The third kappa shape index (κ3) is 3.11. The Morgan fingerprint density at radius 3 is 2.74 bits per heavy atom. The molecule has 1 amide bonds. The maximum absolute atomic E-state index is 12.2. The van der Waals surface area contributed by atoms with Crippen molar-refractivity contribution in [2.45, 2.75) is 50.4 Å². The number of halogens is 1.